The predicted molar refractivity (Wildman–Crippen MR) is 95.5 cm³/mol. The summed E-state index contributed by atoms with van der Waals surface area (Å²) in [5.74, 6) is 0.498. The Balaban J connectivity index is 1.94. The number of rotatable bonds is 4. The molecule has 1 fully saturated rings. The van der Waals surface area contributed by atoms with Crippen molar-refractivity contribution in [2.24, 2.45) is 0 Å². The number of aldehydes is 1. The van der Waals surface area contributed by atoms with E-state index in [1.54, 1.807) is 0 Å². The molecule has 0 amide bonds. The van der Waals surface area contributed by atoms with Crippen LogP contribution in [0, 0.1) is 0 Å². The second-order valence-electron chi connectivity index (χ2n) is 7.14. The third-order valence-corrected chi connectivity index (χ3v) is 4.90. The Morgan fingerprint density at radius 2 is 1.96 bits per heavy atom. The molecule has 0 bridgehead atoms. The maximum atomic E-state index is 11.3. The van der Waals surface area contributed by atoms with Crippen molar-refractivity contribution >= 4 is 6.29 Å². The van der Waals surface area contributed by atoms with E-state index in [-0.39, 0.29) is 11.6 Å². The molecule has 0 spiro atoms. The van der Waals surface area contributed by atoms with E-state index in [2.05, 4.69) is 67.7 Å². The van der Waals surface area contributed by atoms with Gasteiger partial charge < -0.3 is 4.79 Å². The molecule has 2 nitrogen and oxygen atoms in total. The Labute approximate surface area is 138 Å². The SMILES string of the molecule is CC(C)c1ccccc1-c1cccc(C2CCC(C)(C=O)N2)c1. The first-order chi connectivity index (χ1) is 11.0. The fourth-order valence-corrected chi connectivity index (χ4v) is 3.52. The quantitative estimate of drug-likeness (QED) is 0.817. The number of hydrogen-bond acceptors (Lipinski definition) is 2. The van der Waals surface area contributed by atoms with Crippen LogP contribution in [0.2, 0.25) is 0 Å². The van der Waals surface area contributed by atoms with Gasteiger partial charge in [0, 0.05) is 6.04 Å². The fourth-order valence-electron chi connectivity index (χ4n) is 3.52. The summed E-state index contributed by atoms with van der Waals surface area (Å²) < 4.78 is 0. The first kappa shape index (κ1) is 15.9. The smallest absolute Gasteiger partial charge is 0.139 e. The van der Waals surface area contributed by atoms with Gasteiger partial charge in [0.2, 0.25) is 0 Å². The van der Waals surface area contributed by atoms with Crippen LogP contribution < -0.4 is 5.32 Å². The van der Waals surface area contributed by atoms with Gasteiger partial charge in [-0.3, -0.25) is 5.32 Å². The summed E-state index contributed by atoms with van der Waals surface area (Å²) in [5.41, 5.74) is 4.83. The minimum Gasteiger partial charge on any atom is -0.301 e. The highest BCUT2D eigenvalue weighted by Crippen LogP contribution is 2.35. The Kier molecular flexibility index (Phi) is 4.36. The summed E-state index contributed by atoms with van der Waals surface area (Å²) in [6.45, 7) is 6.45. The van der Waals surface area contributed by atoms with Crippen molar-refractivity contribution in [3.63, 3.8) is 0 Å². The average molecular weight is 307 g/mol. The van der Waals surface area contributed by atoms with Crippen LogP contribution in [0.1, 0.15) is 56.7 Å². The maximum absolute atomic E-state index is 11.3. The highest BCUT2D eigenvalue weighted by Gasteiger charge is 2.34. The molecule has 0 aliphatic carbocycles. The van der Waals surface area contributed by atoms with Gasteiger partial charge in [0.15, 0.2) is 0 Å². The van der Waals surface area contributed by atoms with Gasteiger partial charge >= 0.3 is 0 Å². The predicted octanol–water partition coefficient (Wildman–Crippen LogP) is 4.86. The minimum absolute atomic E-state index is 0.261. The summed E-state index contributed by atoms with van der Waals surface area (Å²) in [5, 5.41) is 3.48. The normalized spacial score (nSPS) is 24.1. The van der Waals surface area contributed by atoms with Gasteiger partial charge in [0.05, 0.1) is 5.54 Å². The number of carbonyl (C=O) groups is 1. The molecule has 120 valence electrons. The molecule has 0 radical (unpaired) electrons. The van der Waals surface area contributed by atoms with E-state index in [4.69, 9.17) is 0 Å². The second-order valence-corrected chi connectivity index (χ2v) is 7.14. The molecule has 2 aromatic carbocycles. The second kappa shape index (κ2) is 6.29. The van der Waals surface area contributed by atoms with Crippen molar-refractivity contribution in [1.82, 2.24) is 5.32 Å². The lowest BCUT2D eigenvalue weighted by Crippen LogP contribution is -2.38. The van der Waals surface area contributed by atoms with Crippen LogP contribution in [-0.2, 0) is 4.79 Å². The molecule has 2 heteroatoms. The molecule has 3 rings (SSSR count). The van der Waals surface area contributed by atoms with Gasteiger partial charge in [-0.25, -0.2) is 0 Å². The van der Waals surface area contributed by atoms with E-state index in [0.29, 0.717) is 5.92 Å². The summed E-state index contributed by atoms with van der Waals surface area (Å²) in [4.78, 5) is 11.3. The molecule has 2 atom stereocenters. The number of hydrogen-bond donors (Lipinski definition) is 1. The van der Waals surface area contributed by atoms with Crippen LogP contribution in [0.4, 0.5) is 0 Å². The third kappa shape index (κ3) is 3.23. The van der Waals surface area contributed by atoms with Crippen molar-refractivity contribution in [2.75, 3.05) is 0 Å². The number of nitrogens with one attached hydrogen (secondary N) is 1. The summed E-state index contributed by atoms with van der Waals surface area (Å²) >= 11 is 0. The van der Waals surface area contributed by atoms with Crippen molar-refractivity contribution in [2.45, 2.75) is 51.1 Å². The summed E-state index contributed by atoms with van der Waals surface area (Å²) in [7, 11) is 0. The Bertz CT molecular complexity index is 706. The summed E-state index contributed by atoms with van der Waals surface area (Å²) in [6.07, 6.45) is 2.95. The molecule has 0 saturated carbocycles. The molecule has 1 aliphatic rings. The minimum atomic E-state index is -0.378. The Hall–Kier alpha value is -1.93. The van der Waals surface area contributed by atoms with Crippen LogP contribution in [-0.4, -0.2) is 11.8 Å². The zero-order valence-electron chi connectivity index (χ0n) is 14.2. The Morgan fingerprint density at radius 1 is 1.17 bits per heavy atom. The lowest BCUT2D eigenvalue weighted by molar-refractivity contribution is -0.112. The fraction of sp³-hybridized carbons (Fsp3) is 0.381. The zero-order chi connectivity index (χ0) is 16.4. The molecule has 23 heavy (non-hydrogen) atoms. The van der Waals surface area contributed by atoms with E-state index in [1.165, 1.54) is 22.3 Å². The molecule has 1 N–H and O–H groups in total. The summed E-state index contributed by atoms with van der Waals surface area (Å²) in [6, 6.07) is 17.6. The van der Waals surface area contributed by atoms with Gasteiger partial charge in [0.25, 0.3) is 0 Å². The van der Waals surface area contributed by atoms with E-state index < -0.39 is 0 Å². The van der Waals surface area contributed by atoms with Gasteiger partial charge in [-0.05, 0) is 54.0 Å². The largest absolute Gasteiger partial charge is 0.301 e. The van der Waals surface area contributed by atoms with E-state index in [0.717, 1.165) is 19.1 Å². The van der Waals surface area contributed by atoms with E-state index in [9.17, 15) is 4.79 Å². The van der Waals surface area contributed by atoms with Crippen molar-refractivity contribution in [3.8, 4) is 11.1 Å². The van der Waals surface area contributed by atoms with Crippen LogP contribution in [0.5, 0.6) is 0 Å². The standard InChI is InChI=1S/C21H25NO/c1-15(2)18-9-4-5-10-19(18)16-7-6-8-17(13-16)20-11-12-21(3,14-23)22-20/h4-10,13-15,20,22H,11-12H2,1-3H3. The number of benzene rings is 2. The van der Waals surface area contributed by atoms with E-state index >= 15 is 0 Å². The molecule has 2 unspecified atom stereocenters. The van der Waals surface area contributed by atoms with Crippen molar-refractivity contribution in [3.05, 3.63) is 59.7 Å². The first-order valence-corrected chi connectivity index (χ1v) is 8.46. The highest BCUT2D eigenvalue weighted by atomic mass is 16.1. The van der Waals surface area contributed by atoms with Gasteiger partial charge in [0.1, 0.15) is 6.29 Å². The highest BCUT2D eigenvalue weighted by molar-refractivity contribution is 5.69. The first-order valence-electron chi connectivity index (χ1n) is 8.46. The average Bonchev–Trinajstić information content (AvgIpc) is 2.98. The molecular formula is C21H25NO. The lowest BCUT2D eigenvalue weighted by Gasteiger charge is -2.20. The Morgan fingerprint density at radius 3 is 2.65 bits per heavy atom. The number of carbonyl (C=O) groups excluding carboxylic acids is 1. The van der Waals surface area contributed by atoms with Crippen molar-refractivity contribution < 1.29 is 4.79 Å². The lowest BCUT2D eigenvalue weighted by atomic mass is 9.91. The molecule has 1 saturated heterocycles. The molecule has 0 aromatic heterocycles. The van der Waals surface area contributed by atoms with Gasteiger partial charge in [-0.15, -0.1) is 0 Å². The monoisotopic (exact) mass is 307 g/mol. The third-order valence-electron chi connectivity index (χ3n) is 4.90. The molecular weight excluding hydrogens is 282 g/mol. The van der Waals surface area contributed by atoms with Crippen LogP contribution >= 0.6 is 0 Å². The topological polar surface area (TPSA) is 29.1 Å². The van der Waals surface area contributed by atoms with Crippen LogP contribution in [0.15, 0.2) is 48.5 Å². The van der Waals surface area contributed by atoms with Gasteiger partial charge in [-0.1, -0.05) is 56.3 Å². The molecule has 1 heterocycles. The van der Waals surface area contributed by atoms with Crippen LogP contribution in [0.25, 0.3) is 11.1 Å². The molecule has 1 aliphatic heterocycles. The zero-order valence-corrected chi connectivity index (χ0v) is 14.2. The maximum Gasteiger partial charge on any atom is 0.139 e. The van der Waals surface area contributed by atoms with Crippen molar-refractivity contribution in [1.29, 1.82) is 0 Å². The molecule has 2 aromatic rings. The van der Waals surface area contributed by atoms with Crippen LogP contribution in [0.3, 0.4) is 0 Å². The van der Waals surface area contributed by atoms with Gasteiger partial charge in [-0.2, -0.15) is 0 Å². The van der Waals surface area contributed by atoms with E-state index in [1.807, 2.05) is 6.92 Å².